The molecule has 3 rings (SSSR count). The molecule has 1 heterocycles. The van der Waals surface area contributed by atoms with Gasteiger partial charge in [-0.2, -0.15) is 4.31 Å². The molecule has 2 aromatic rings. The van der Waals surface area contributed by atoms with Gasteiger partial charge in [-0.25, -0.2) is 8.42 Å². The normalized spacial score (nSPS) is 16.0. The predicted octanol–water partition coefficient (Wildman–Crippen LogP) is 2.71. The minimum absolute atomic E-state index is 0.0451. The van der Waals surface area contributed by atoms with Crippen molar-refractivity contribution in [1.82, 2.24) is 4.31 Å². The monoisotopic (exact) mass is 473 g/mol. The fourth-order valence-corrected chi connectivity index (χ4v) is 4.51. The number of benzene rings is 2. The number of nitro benzene ring substituents is 1. The van der Waals surface area contributed by atoms with Crippen molar-refractivity contribution in [2.45, 2.75) is 4.90 Å². The topological polar surface area (TPSA) is 83.8 Å². The van der Waals surface area contributed by atoms with Gasteiger partial charge in [0, 0.05) is 47.6 Å². The Hall–Kier alpha value is -1.72. The van der Waals surface area contributed by atoms with Crippen LogP contribution in [0.4, 0.5) is 11.4 Å². The molecule has 9 heteroatoms. The molecule has 132 valence electrons. The third-order valence-corrected chi connectivity index (χ3v) is 6.75. The van der Waals surface area contributed by atoms with E-state index in [1.54, 1.807) is 36.4 Å². The lowest BCUT2D eigenvalue weighted by Crippen LogP contribution is -2.48. The second-order valence-electron chi connectivity index (χ2n) is 5.62. The molecule has 0 bridgehead atoms. The lowest BCUT2D eigenvalue weighted by atomic mass is 10.2. The average Bonchev–Trinajstić information content (AvgIpc) is 2.62. The smallest absolute Gasteiger partial charge is 0.269 e. The Morgan fingerprint density at radius 2 is 1.48 bits per heavy atom. The molecular weight excluding hydrogens is 457 g/mol. The zero-order valence-electron chi connectivity index (χ0n) is 13.2. The summed E-state index contributed by atoms with van der Waals surface area (Å²) in [6.07, 6.45) is 0. The Morgan fingerprint density at radius 1 is 0.920 bits per heavy atom. The Labute approximate surface area is 159 Å². The van der Waals surface area contributed by atoms with Crippen LogP contribution in [0, 0.1) is 13.7 Å². The molecule has 0 aromatic heterocycles. The fourth-order valence-electron chi connectivity index (χ4n) is 2.73. The third kappa shape index (κ3) is 3.93. The van der Waals surface area contributed by atoms with Gasteiger partial charge >= 0.3 is 0 Å². The number of anilines is 1. The highest BCUT2D eigenvalue weighted by Gasteiger charge is 2.28. The highest BCUT2D eigenvalue weighted by atomic mass is 127. The molecule has 1 fully saturated rings. The van der Waals surface area contributed by atoms with E-state index < -0.39 is 14.9 Å². The molecule has 25 heavy (non-hydrogen) atoms. The predicted molar refractivity (Wildman–Crippen MR) is 103 cm³/mol. The van der Waals surface area contributed by atoms with Gasteiger partial charge < -0.3 is 4.90 Å². The lowest BCUT2D eigenvalue weighted by molar-refractivity contribution is -0.384. The molecule has 0 atom stereocenters. The van der Waals surface area contributed by atoms with E-state index in [9.17, 15) is 18.5 Å². The Balaban J connectivity index is 1.69. The fraction of sp³-hybridized carbons (Fsp3) is 0.250. The maximum Gasteiger partial charge on any atom is 0.269 e. The van der Waals surface area contributed by atoms with Crippen LogP contribution in [0.2, 0.25) is 0 Å². The van der Waals surface area contributed by atoms with Crippen LogP contribution in [0.3, 0.4) is 0 Å². The average molecular weight is 473 g/mol. The van der Waals surface area contributed by atoms with Crippen LogP contribution in [0.1, 0.15) is 0 Å². The van der Waals surface area contributed by atoms with Crippen molar-refractivity contribution < 1.29 is 13.3 Å². The van der Waals surface area contributed by atoms with E-state index in [0.29, 0.717) is 31.1 Å². The summed E-state index contributed by atoms with van der Waals surface area (Å²) >= 11 is 2.14. The Morgan fingerprint density at radius 3 is 2.00 bits per heavy atom. The first kappa shape index (κ1) is 18.1. The van der Waals surface area contributed by atoms with E-state index in [1.807, 2.05) is 4.90 Å². The summed E-state index contributed by atoms with van der Waals surface area (Å²) in [5.74, 6) is 0. The number of non-ortho nitro benzene ring substituents is 1. The largest absolute Gasteiger partial charge is 0.369 e. The van der Waals surface area contributed by atoms with E-state index in [-0.39, 0.29) is 5.69 Å². The maximum absolute atomic E-state index is 12.7. The lowest BCUT2D eigenvalue weighted by Gasteiger charge is -2.35. The van der Waals surface area contributed by atoms with Crippen LogP contribution in [-0.2, 0) is 10.0 Å². The summed E-state index contributed by atoms with van der Waals surface area (Å²) < 4.78 is 27.9. The Bertz CT molecular complexity index is 861. The molecule has 0 unspecified atom stereocenters. The van der Waals surface area contributed by atoms with Gasteiger partial charge in [0.05, 0.1) is 9.82 Å². The number of hydrogen-bond donors (Lipinski definition) is 0. The van der Waals surface area contributed by atoms with Crippen molar-refractivity contribution in [2.75, 3.05) is 31.1 Å². The van der Waals surface area contributed by atoms with E-state index in [4.69, 9.17) is 0 Å². The molecule has 1 saturated heterocycles. The molecule has 0 N–H and O–H groups in total. The van der Waals surface area contributed by atoms with Gasteiger partial charge in [0.15, 0.2) is 0 Å². The van der Waals surface area contributed by atoms with Crippen LogP contribution < -0.4 is 4.90 Å². The van der Waals surface area contributed by atoms with Gasteiger partial charge in [0.1, 0.15) is 0 Å². The minimum atomic E-state index is -3.49. The van der Waals surface area contributed by atoms with Gasteiger partial charge in [0.25, 0.3) is 5.69 Å². The summed E-state index contributed by atoms with van der Waals surface area (Å²) in [4.78, 5) is 12.6. The molecule has 0 radical (unpaired) electrons. The van der Waals surface area contributed by atoms with E-state index in [2.05, 4.69) is 22.6 Å². The molecule has 0 amide bonds. The summed E-state index contributed by atoms with van der Waals surface area (Å²) in [7, 11) is -3.49. The maximum atomic E-state index is 12.7. The zero-order chi connectivity index (χ0) is 18.0. The van der Waals surface area contributed by atoms with Crippen LogP contribution in [0.5, 0.6) is 0 Å². The van der Waals surface area contributed by atoms with Gasteiger partial charge in [-0.1, -0.05) is 0 Å². The second-order valence-corrected chi connectivity index (χ2v) is 8.80. The zero-order valence-corrected chi connectivity index (χ0v) is 16.2. The number of nitro groups is 1. The van der Waals surface area contributed by atoms with E-state index in [1.165, 1.54) is 16.4 Å². The van der Waals surface area contributed by atoms with Crippen molar-refractivity contribution in [2.24, 2.45) is 0 Å². The van der Waals surface area contributed by atoms with Gasteiger partial charge in [-0.3, -0.25) is 10.1 Å². The summed E-state index contributed by atoms with van der Waals surface area (Å²) in [6.45, 7) is 1.85. The van der Waals surface area contributed by atoms with E-state index in [0.717, 1.165) is 9.26 Å². The highest BCUT2D eigenvalue weighted by Crippen LogP contribution is 2.23. The first-order valence-corrected chi connectivity index (χ1v) is 10.1. The van der Waals surface area contributed by atoms with Gasteiger partial charge in [-0.15, -0.1) is 0 Å². The number of rotatable bonds is 4. The first-order valence-electron chi connectivity index (χ1n) is 7.63. The van der Waals surface area contributed by atoms with Crippen LogP contribution in [0.15, 0.2) is 53.4 Å². The van der Waals surface area contributed by atoms with E-state index >= 15 is 0 Å². The number of piperazine rings is 1. The quantitative estimate of drug-likeness (QED) is 0.388. The van der Waals surface area contributed by atoms with Crippen molar-refractivity contribution >= 4 is 44.0 Å². The molecule has 1 aliphatic heterocycles. The SMILES string of the molecule is O=[N+]([O-])c1ccc(N2CCN(S(=O)(=O)c3ccc(I)cc3)CC2)cc1. The molecule has 7 nitrogen and oxygen atoms in total. The van der Waals surface area contributed by atoms with Gasteiger partial charge in [-0.05, 0) is 59.0 Å². The second kappa shape index (κ2) is 7.26. The number of sulfonamides is 1. The molecule has 0 saturated carbocycles. The van der Waals surface area contributed by atoms with Crippen LogP contribution in [-0.4, -0.2) is 43.8 Å². The number of halogens is 1. The van der Waals surface area contributed by atoms with Crippen LogP contribution in [0.25, 0.3) is 0 Å². The molecule has 1 aliphatic rings. The number of hydrogen-bond acceptors (Lipinski definition) is 5. The number of nitrogens with zero attached hydrogens (tertiary/aromatic N) is 3. The highest BCUT2D eigenvalue weighted by molar-refractivity contribution is 14.1. The minimum Gasteiger partial charge on any atom is -0.369 e. The molecule has 0 spiro atoms. The van der Waals surface area contributed by atoms with Crippen molar-refractivity contribution in [1.29, 1.82) is 0 Å². The molecule has 0 aliphatic carbocycles. The van der Waals surface area contributed by atoms with Crippen molar-refractivity contribution in [3.63, 3.8) is 0 Å². The Kier molecular flexibility index (Phi) is 5.25. The molecular formula is C16H16IN3O4S. The van der Waals surface area contributed by atoms with Gasteiger partial charge in [0.2, 0.25) is 10.0 Å². The van der Waals surface area contributed by atoms with Crippen molar-refractivity contribution in [3.8, 4) is 0 Å². The summed E-state index contributed by atoms with van der Waals surface area (Å²) in [5.41, 5.74) is 0.903. The summed E-state index contributed by atoms with van der Waals surface area (Å²) in [5, 5.41) is 10.7. The molecule has 2 aromatic carbocycles. The summed E-state index contributed by atoms with van der Waals surface area (Å²) in [6, 6.07) is 13.1. The van der Waals surface area contributed by atoms with Crippen molar-refractivity contribution in [3.05, 3.63) is 62.2 Å². The first-order chi connectivity index (χ1) is 11.9. The standard InChI is InChI=1S/C16H16IN3O4S/c17-13-1-7-16(8-2-13)25(23,24)19-11-9-18(10-12-19)14-3-5-15(6-4-14)20(21)22/h1-8H,9-12H2. The van der Waals surface area contributed by atoms with Crippen LogP contribution >= 0.6 is 22.6 Å². The third-order valence-electron chi connectivity index (χ3n) is 4.12.